The number of fused-ring (bicyclic) bond motifs is 1. The van der Waals surface area contributed by atoms with Gasteiger partial charge in [0.05, 0.1) is 17.2 Å². The second-order valence-corrected chi connectivity index (χ2v) is 4.30. The van der Waals surface area contributed by atoms with Gasteiger partial charge in [0.15, 0.2) is 0 Å². The standard InChI is InChI=1S/C13H17N3O2/c14-10-4-5-12-11(8-10)13(18)16(9-15-12)6-2-1-3-7-17/h4-5,8-9,17H,1-3,6-7,14H2. The Morgan fingerprint density at radius 3 is 2.89 bits per heavy atom. The molecule has 0 aliphatic rings. The Bertz CT molecular complexity index is 592. The monoisotopic (exact) mass is 247 g/mol. The molecule has 2 aromatic rings. The minimum absolute atomic E-state index is 0.0590. The van der Waals surface area contributed by atoms with Crippen molar-refractivity contribution in [1.29, 1.82) is 0 Å². The molecule has 0 atom stereocenters. The van der Waals surface area contributed by atoms with Gasteiger partial charge in [0, 0.05) is 18.8 Å². The number of nitrogen functional groups attached to an aromatic ring is 1. The lowest BCUT2D eigenvalue weighted by atomic mass is 10.2. The van der Waals surface area contributed by atoms with Gasteiger partial charge in [-0.25, -0.2) is 4.98 Å². The van der Waals surface area contributed by atoms with Crippen LogP contribution in [0.4, 0.5) is 5.69 Å². The number of aromatic nitrogens is 2. The van der Waals surface area contributed by atoms with Crippen LogP contribution in [0.5, 0.6) is 0 Å². The Hall–Kier alpha value is -1.88. The number of rotatable bonds is 5. The van der Waals surface area contributed by atoms with Crippen molar-refractivity contribution in [3.05, 3.63) is 34.9 Å². The van der Waals surface area contributed by atoms with Gasteiger partial charge < -0.3 is 10.8 Å². The summed E-state index contributed by atoms with van der Waals surface area (Å²) < 4.78 is 1.60. The Morgan fingerprint density at radius 1 is 1.28 bits per heavy atom. The number of anilines is 1. The number of aliphatic hydroxyl groups is 1. The zero-order chi connectivity index (χ0) is 13.0. The smallest absolute Gasteiger partial charge is 0.261 e. The van der Waals surface area contributed by atoms with E-state index in [1.165, 1.54) is 0 Å². The molecule has 1 heterocycles. The molecule has 2 rings (SSSR count). The van der Waals surface area contributed by atoms with E-state index >= 15 is 0 Å². The van der Waals surface area contributed by atoms with E-state index in [0.717, 1.165) is 19.3 Å². The van der Waals surface area contributed by atoms with Crippen LogP contribution in [0.3, 0.4) is 0 Å². The molecule has 0 bridgehead atoms. The molecule has 0 fully saturated rings. The quantitative estimate of drug-likeness (QED) is 0.613. The minimum Gasteiger partial charge on any atom is -0.399 e. The van der Waals surface area contributed by atoms with Gasteiger partial charge >= 0.3 is 0 Å². The molecule has 0 unspecified atom stereocenters. The highest BCUT2D eigenvalue weighted by atomic mass is 16.2. The van der Waals surface area contributed by atoms with Crippen molar-refractivity contribution in [2.24, 2.45) is 0 Å². The molecule has 0 amide bonds. The van der Waals surface area contributed by atoms with Crippen molar-refractivity contribution >= 4 is 16.6 Å². The second-order valence-electron chi connectivity index (χ2n) is 4.30. The normalized spacial score (nSPS) is 10.9. The summed E-state index contributed by atoms with van der Waals surface area (Å²) in [4.78, 5) is 16.4. The van der Waals surface area contributed by atoms with E-state index in [9.17, 15) is 4.79 Å². The predicted octanol–water partition coefficient (Wildman–Crippen LogP) is 1.14. The van der Waals surface area contributed by atoms with Crippen LogP contribution < -0.4 is 11.3 Å². The van der Waals surface area contributed by atoms with Crippen LogP contribution in [0.1, 0.15) is 19.3 Å². The van der Waals surface area contributed by atoms with Gasteiger partial charge in [0.1, 0.15) is 0 Å². The summed E-state index contributed by atoms with van der Waals surface area (Å²) in [6.45, 7) is 0.817. The number of hydrogen-bond acceptors (Lipinski definition) is 4. The molecule has 0 aliphatic heterocycles. The molecule has 5 nitrogen and oxygen atoms in total. The first kappa shape index (κ1) is 12.6. The summed E-state index contributed by atoms with van der Waals surface area (Å²) in [5.41, 5.74) is 6.86. The summed E-state index contributed by atoms with van der Waals surface area (Å²) in [5.74, 6) is 0. The third kappa shape index (κ3) is 2.68. The number of nitrogens with zero attached hydrogens (tertiary/aromatic N) is 2. The van der Waals surface area contributed by atoms with Crippen LogP contribution in [-0.4, -0.2) is 21.3 Å². The first-order chi connectivity index (χ1) is 8.72. The number of hydrogen-bond donors (Lipinski definition) is 2. The number of unbranched alkanes of at least 4 members (excludes halogenated alkanes) is 2. The van der Waals surface area contributed by atoms with Crippen molar-refractivity contribution in [2.45, 2.75) is 25.8 Å². The molecule has 1 aromatic heterocycles. The molecule has 3 N–H and O–H groups in total. The van der Waals surface area contributed by atoms with E-state index in [1.807, 2.05) is 0 Å². The van der Waals surface area contributed by atoms with Gasteiger partial charge in [-0.15, -0.1) is 0 Å². The molecular weight excluding hydrogens is 230 g/mol. The third-order valence-electron chi connectivity index (χ3n) is 2.91. The summed E-state index contributed by atoms with van der Waals surface area (Å²) in [6.07, 6.45) is 4.09. The molecule has 5 heteroatoms. The zero-order valence-electron chi connectivity index (χ0n) is 10.2. The predicted molar refractivity (Wildman–Crippen MR) is 71.4 cm³/mol. The fourth-order valence-corrected chi connectivity index (χ4v) is 1.91. The third-order valence-corrected chi connectivity index (χ3v) is 2.91. The minimum atomic E-state index is -0.0590. The van der Waals surface area contributed by atoms with Crippen LogP contribution in [0.2, 0.25) is 0 Å². The van der Waals surface area contributed by atoms with Crippen LogP contribution in [0.15, 0.2) is 29.3 Å². The number of nitrogens with two attached hydrogens (primary N) is 1. The number of aliphatic hydroxyl groups excluding tert-OH is 1. The van der Waals surface area contributed by atoms with Crippen molar-refractivity contribution in [3.63, 3.8) is 0 Å². The van der Waals surface area contributed by atoms with Crippen molar-refractivity contribution in [3.8, 4) is 0 Å². The average molecular weight is 247 g/mol. The first-order valence-electron chi connectivity index (χ1n) is 6.08. The van der Waals surface area contributed by atoms with Gasteiger partial charge in [-0.05, 0) is 37.5 Å². The van der Waals surface area contributed by atoms with Crippen LogP contribution in [0.25, 0.3) is 10.9 Å². The largest absolute Gasteiger partial charge is 0.399 e. The van der Waals surface area contributed by atoms with Gasteiger partial charge in [0.2, 0.25) is 0 Å². The van der Waals surface area contributed by atoms with Gasteiger partial charge in [-0.1, -0.05) is 0 Å². The average Bonchev–Trinajstić information content (AvgIpc) is 2.38. The molecule has 0 saturated heterocycles. The molecule has 0 aliphatic carbocycles. The van der Waals surface area contributed by atoms with Crippen molar-refractivity contribution in [2.75, 3.05) is 12.3 Å². The van der Waals surface area contributed by atoms with Crippen molar-refractivity contribution < 1.29 is 5.11 Å². The van der Waals surface area contributed by atoms with E-state index in [0.29, 0.717) is 23.1 Å². The molecule has 0 radical (unpaired) electrons. The highest BCUT2D eigenvalue weighted by molar-refractivity contribution is 5.80. The fraction of sp³-hybridized carbons (Fsp3) is 0.385. The molecule has 96 valence electrons. The second kappa shape index (κ2) is 5.64. The highest BCUT2D eigenvalue weighted by Gasteiger charge is 2.04. The maximum absolute atomic E-state index is 12.2. The van der Waals surface area contributed by atoms with Crippen LogP contribution >= 0.6 is 0 Å². The Labute approximate surface area is 105 Å². The molecule has 0 saturated carbocycles. The van der Waals surface area contributed by atoms with E-state index in [-0.39, 0.29) is 12.2 Å². The van der Waals surface area contributed by atoms with Gasteiger partial charge in [-0.3, -0.25) is 9.36 Å². The summed E-state index contributed by atoms with van der Waals surface area (Å²) in [5, 5.41) is 9.25. The number of benzene rings is 1. The highest BCUT2D eigenvalue weighted by Crippen LogP contribution is 2.11. The Kier molecular flexibility index (Phi) is 3.94. The zero-order valence-corrected chi connectivity index (χ0v) is 10.2. The van der Waals surface area contributed by atoms with Crippen molar-refractivity contribution in [1.82, 2.24) is 9.55 Å². The molecule has 1 aromatic carbocycles. The van der Waals surface area contributed by atoms with Crippen LogP contribution in [-0.2, 0) is 6.54 Å². The lowest BCUT2D eigenvalue weighted by molar-refractivity contribution is 0.281. The maximum Gasteiger partial charge on any atom is 0.261 e. The van der Waals surface area contributed by atoms with E-state index in [1.54, 1.807) is 29.1 Å². The van der Waals surface area contributed by atoms with E-state index < -0.39 is 0 Å². The summed E-state index contributed by atoms with van der Waals surface area (Å²) in [6, 6.07) is 5.15. The van der Waals surface area contributed by atoms with Gasteiger partial charge in [0.25, 0.3) is 5.56 Å². The Balaban J connectivity index is 2.24. The van der Waals surface area contributed by atoms with E-state index in [2.05, 4.69) is 4.98 Å². The molecular formula is C13H17N3O2. The Morgan fingerprint density at radius 2 is 2.11 bits per heavy atom. The fourth-order valence-electron chi connectivity index (χ4n) is 1.91. The van der Waals surface area contributed by atoms with E-state index in [4.69, 9.17) is 10.8 Å². The topological polar surface area (TPSA) is 81.1 Å². The SMILES string of the molecule is Nc1ccc2ncn(CCCCCO)c(=O)c2c1. The lowest BCUT2D eigenvalue weighted by Gasteiger charge is -2.06. The lowest BCUT2D eigenvalue weighted by Crippen LogP contribution is -2.20. The molecule has 0 spiro atoms. The van der Waals surface area contributed by atoms with Gasteiger partial charge in [-0.2, -0.15) is 0 Å². The molecule has 18 heavy (non-hydrogen) atoms. The number of aryl methyl sites for hydroxylation is 1. The summed E-state index contributed by atoms with van der Waals surface area (Å²) >= 11 is 0. The maximum atomic E-state index is 12.2. The van der Waals surface area contributed by atoms with Crippen LogP contribution in [0, 0.1) is 0 Å². The first-order valence-corrected chi connectivity index (χ1v) is 6.08. The summed E-state index contributed by atoms with van der Waals surface area (Å²) in [7, 11) is 0.